The Hall–Kier alpha value is -3.02. The van der Waals surface area contributed by atoms with E-state index in [4.69, 9.17) is 4.42 Å². The number of furan rings is 1. The third kappa shape index (κ3) is 3.65. The van der Waals surface area contributed by atoms with Gasteiger partial charge in [-0.05, 0) is 57.7 Å². The molecule has 6 heteroatoms. The third-order valence-electron chi connectivity index (χ3n) is 7.41. The maximum Gasteiger partial charge on any atom is 0.361 e. The number of nitrogens with zero attached hydrogens (tertiary/aromatic N) is 2. The van der Waals surface area contributed by atoms with Gasteiger partial charge in [0.2, 0.25) is 0 Å². The first kappa shape index (κ1) is 21.8. The highest BCUT2D eigenvalue weighted by molar-refractivity contribution is 6.13. The lowest BCUT2D eigenvalue weighted by atomic mass is 9.93. The summed E-state index contributed by atoms with van der Waals surface area (Å²) in [7, 11) is 0. The van der Waals surface area contributed by atoms with E-state index in [1.54, 1.807) is 4.90 Å². The molecule has 1 atom stereocenters. The lowest BCUT2D eigenvalue weighted by Crippen LogP contribution is -2.85. The van der Waals surface area contributed by atoms with E-state index >= 15 is 0 Å². The molecule has 1 aromatic carbocycles. The largest absolute Gasteiger partial charge is 0.462 e. The summed E-state index contributed by atoms with van der Waals surface area (Å²) in [5.41, 5.74) is 4.14. The van der Waals surface area contributed by atoms with Gasteiger partial charge in [0.25, 0.3) is 5.91 Å². The molecule has 0 bridgehead atoms. The quantitative estimate of drug-likeness (QED) is 0.356. The molecule has 1 saturated carbocycles. The summed E-state index contributed by atoms with van der Waals surface area (Å²) >= 11 is 0. The number of nitrogens with one attached hydrogen (secondary N) is 1. The van der Waals surface area contributed by atoms with Crippen LogP contribution in [-0.4, -0.2) is 33.1 Å². The van der Waals surface area contributed by atoms with E-state index in [9.17, 15) is 9.90 Å². The Morgan fingerprint density at radius 1 is 1.09 bits per heavy atom. The van der Waals surface area contributed by atoms with Crippen LogP contribution in [0.3, 0.4) is 0 Å². The lowest BCUT2D eigenvalue weighted by molar-refractivity contribution is -0.516. The van der Waals surface area contributed by atoms with Gasteiger partial charge in [-0.1, -0.05) is 25.0 Å². The van der Waals surface area contributed by atoms with Crippen molar-refractivity contribution in [2.75, 3.05) is 4.90 Å². The molecule has 0 radical (unpaired) electrons. The van der Waals surface area contributed by atoms with Gasteiger partial charge in [-0.3, -0.25) is 9.69 Å². The van der Waals surface area contributed by atoms with E-state index in [0.29, 0.717) is 17.8 Å². The van der Waals surface area contributed by atoms with E-state index < -0.39 is 5.54 Å². The average Bonchev–Trinajstić information content (AvgIpc) is 3.16. The normalized spacial score (nSPS) is 22.6. The lowest BCUT2D eigenvalue weighted by Gasteiger charge is -2.42. The summed E-state index contributed by atoms with van der Waals surface area (Å²) in [6.07, 6.45) is 6.90. The van der Waals surface area contributed by atoms with Crippen LogP contribution in [0.2, 0.25) is 0 Å². The molecule has 1 unspecified atom stereocenters. The van der Waals surface area contributed by atoms with Crippen LogP contribution in [0.4, 0.5) is 5.69 Å². The van der Waals surface area contributed by atoms with Gasteiger partial charge < -0.3 is 14.1 Å². The Bertz CT molecular complexity index is 1240. The van der Waals surface area contributed by atoms with Crippen LogP contribution in [0.5, 0.6) is 0 Å². The number of aliphatic hydroxyl groups excluding tert-OH is 1. The summed E-state index contributed by atoms with van der Waals surface area (Å²) in [6.45, 7) is 8.36. The number of aliphatic hydroxyl groups is 1. The maximum atomic E-state index is 14.0. The standard InChI is InChI=1S/C27H33N3O3/c1-17-11-12-18(2)21(13-17)30-25(31)23-15-24-22(14-19(3)33-24)29(23)16-27(30,4)26(32)28-20-9-7-5-6-8-10-20/h11-15,20H,5-10,16H2,1-4H3,(H,28,32)/p+1. The molecule has 3 aromatic rings. The predicted octanol–water partition coefficient (Wildman–Crippen LogP) is 4.34. The maximum absolute atomic E-state index is 14.0. The zero-order valence-corrected chi connectivity index (χ0v) is 20.1. The number of fused-ring (bicyclic) bond motifs is 3. The minimum absolute atomic E-state index is 0.129. The molecular weight excluding hydrogens is 414 g/mol. The Balaban J connectivity index is 1.67. The summed E-state index contributed by atoms with van der Waals surface area (Å²) in [6, 6.07) is 10.2. The molecule has 2 N–H and O–H groups in total. The van der Waals surface area contributed by atoms with Crippen molar-refractivity contribution in [3.63, 3.8) is 0 Å². The van der Waals surface area contributed by atoms with Crippen molar-refractivity contribution in [2.24, 2.45) is 0 Å². The molecule has 174 valence electrons. The van der Waals surface area contributed by atoms with Crippen LogP contribution >= 0.6 is 0 Å². The fraction of sp³-hybridized carbons (Fsp3) is 0.481. The number of amides is 1. The molecule has 0 spiro atoms. The zero-order chi connectivity index (χ0) is 23.3. The van der Waals surface area contributed by atoms with Crippen LogP contribution in [0, 0.1) is 20.8 Å². The molecular formula is C27H34N3O3+. The van der Waals surface area contributed by atoms with Gasteiger partial charge in [-0.25, -0.2) is 4.99 Å². The Morgan fingerprint density at radius 3 is 2.55 bits per heavy atom. The second-order valence-corrected chi connectivity index (χ2v) is 10.1. The number of carbonyl (C=O) groups is 1. The van der Waals surface area contributed by atoms with Crippen molar-refractivity contribution >= 4 is 28.6 Å². The summed E-state index contributed by atoms with van der Waals surface area (Å²) < 4.78 is 7.84. The van der Waals surface area contributed by atoms with Crippen molar-refractivity contribution in [2.45, 2.75) is 84.3 Å². The highest BCUT2D eigenvalue weighted by Crippen LogP contribution is 2.38. The Kier molecular flexibility index (Phi) is 5.34. The topological polar surface area (TPSA) is 72.6 Å². The van der Waals surface area contributed by atoms with Gasteiger partial charge >= 0.3 is 5.90 Å². The smallest absolute Gasteiger partial charge is 0.361 e. The molecule has 1 aliphatic heterocycles. The molecule has 2 aromatic heterocycles. The van der Waals surface area contributed by atoms with Crippen molar-refractivity contribution in [3.8, 4) is 0 Å². The molecule has 6 nitrogen and oxygen atoms in total. The van der Waals surface area contributed by atoms with Gasteiger partial charge in [0, 0.05) is 30.7 Å². The van der Waals surface area contributed by atoms with Crippen LogP contribution in [0.15, 0.2) is 34.7 Å². The van der Waals surface area contributed by atoms with E-state index in [0.717, 1.165) is 53.8 Å². The first-order chi connectivity index (χ1) is 15.8. The summed E-state index contributed by atoms with van der Waals surface area (Å²) in [4.78, 5) is 19.2. The van der Waals surface area contributed by atoms with Crippen molar-refractivity contribution in [3.05, 3.63) is 52.9 Å². The number of aromatic nitrogens is 1. The third-order valence-corrected chi connectivity index (χ3v) is 7.41. The molecule has 1 amide bonds. The van der Waals surface area contributed by atoms with E-state index in [-0.39, 0.29) is 17.8 Å². The van der Waals surface area contributed by atoms with Gasteiger partial charge in [0.15, 0.2) is 17.2 Å². The van der Waals surface area contributed by atoms with Crippen molar-refractivity contribution in [1.82, 2.24) is 4.57 Å². The monoisotopic (exact) mass is 448 g/mol. The SMILES string of the molecule is Cc1ccc(C)c(N2C(=O)c3cc4oc(C)cc4n3CC2(C)C(O)=[NH+]C2CCCCCC2)c1. The zero-order valence-electron chi connectivity index (χ0n) is 20.1. The molecule has 5 rings (SSSR count). The van der Waals surface area contributed by atoms with Gasteiger partial charge in [-0.15, -0.1) is 0 Å². The molecule has 33 heavy (non-hydrogen) atoms. The minimum atomic E-state index is -0.952. The minimum Gasteiger partial charge on any atom is -0.462 e. The van der Waals surface area contributed by atoms with E-state index in [1.807, 2.05) is 56.5 Å². The first-order valence-electron chi connectivity index (χ1n) is 12.1. The molecule has 2 aliphatic rings. The van der Waals surface area contributed by atoms with Gasteiger partial charge in [0.1, 0.15) is 11.5 Å². The van der Waals surface area contributed by atoms with Crippen LogP contribution in [-0.2, 0) is 6.54 Å². The Morgan fingerprint density at radius 2 is 1.82 bits per heavy atom. The number of rotatable bonds is 3. The highest BCUT2D eigenvalue weighted by atomic mass is 16.3. The Labute approximate surface area is 194 Å². The second kappa shape index (κ2) is 8.08. The predicted molar refractivity (Wildman–Crippen MR) is 130 cm³/mol. The summed E-state index contributed by atoms with van der Waals surface area (Å²) in [5.74, 6) is 0.846. The van der Waals surface area contributed by atoms with Gasteiger partial charge in [-0.2, -0.15) is 0 Å². The van der Waals surface area contributed by atoms with Crippen molar-refractivity contribution in [1.29, 1.82) is 0 Å². The fourth-order valence-electron chi connectivity index (χ4n) is 5.52. The average molecular weight is 449 g/mol. The molecule has 0 saturated heterocycles. The van der Waals surface area contributed by atoms with Crippen LogP contribution in [0.1, 0.15) is 72.8 Å². The number of carbonyl (C=O) groups excluding carboxylic acids is 1. The number of hydrogen-bond acceptors (Lipinski definition) is 2. The fourth-order valence-corrected chi connectivity index (χ4v) is 5.52. The number of aryl methyl sites for hydroxylation is 3. The molecule has 1 fully saturated rings. The van der Waals surface area contributed by atoms with Crippen LogP contribution in [0.25, 0.3) is 11.1 Å². The van der Waals surface area contributed by atoms with Gasteiger partial charge in [0.05, 0.1) is 12.1 Å². The molecule has 1 aliphatic carbocycles. The number of hydrogen-bond donors (Lipinski definition) is 2. The van der Waals surface area contributed by atoms with E-state index in [1.165, 1.54) is 12.8 Å². The highest BCUT2D eigenvalue weighted by Gasteiger charge is 2.51. The number of anilines is 1. The number of benzene rings is 1. The van der Waals surface area contributed by atoms with E-state index in [2.05, 4.69) is 11.1 Å². The molecule has 3 heterocycles. The first-order valence-corrected chi connectivity index (χ1v) is 12.1. The summed E-state index contributed by atoms with van der Waals surface area (Å²) in [5, 5.41) is 11.6. The van der Waals surface area contributed by atoms with Crippen LogP contribution < -0.4 is 9.89 Å². The van der Waals surface area contributed by atoms with Crippen molar-refractivity contribution < 1.29 is 19.3 Å². The second-order valence-electron chi connectivity index (χ2n) is 10.1.